The fourth-order valence-corrected chi connectivity index (χ4v) is 5.03. The van der Waals surface area contributed by atoms with Gasteiger partial charge in [-0.3, -0.25) is 4.79 Å². The molecular formula is C22H28N2O. The van der Waals surface area contributed by atoms with Gasteiger partial charge in [-0.15, -0.1) is 0 Å². The second kappa shape index (κ2) is 7.55. The van der Waals surface area contributed by atoms with E-state index in [1.807, 2.05) is 41.2 Å². The first-order valence-corrected chi connectivity index (χ1v) is 9.97. The lowest BCUT2D eigenvalue weighted by atomic mass is 9.66. The molecule has 2 fully saturated rings. The van der Waals surface area contributed by atoms with Crippen LogP contribution >= 0.6 is 0 Å². The Hall–Kier alpha value is -1.90. The summed E-state index contributed by atoms with van der Waals surface area (Å²) in [7, 11) is 0. The lowest BCUT2D eigenvalue weighted by molar-refractivity contribution is 0.0712. The van der Waals surface area contributed by atoms with Crippen LogP contribution in [0.5, 0.6) is 0 Å². The number of Topliss-reactive ketones (excluding diaryl/α,β-unsaturated/α-hetero) is 1. The molecule has 25 heavy (non-hydrogen) atoms. The molecule has 0 saturated heterocycles. The maximum absolute atomic E-state index is 13.2. The maximum Gasteiger partial charge on any atom is 0.166 e. The van der Waals surface area contributed by atoms with Crippen molar-refractivity contribution in [2.24, 2.45) is 17.8 Å². The average molecular weight is 336 g/mol. The molecule has 2 aliphatic rings. The van der Waals surface area contributed by atoms with Crippen molar-refractivity contribution in [1.82, 2.24) is 9.78 Å². The molecule has 4 rings (SSSR count). The molecular weight excluding hydrogens is 308 g/mol. The first-order valence-electron chi connectivity index (χ1n) is 9.97. The normalized spacial score (nSPS) is 25.0. The highest BCUT2D eigenvalue weighted by Gasteiger charge is 2.36. The van der Waals surface area contributed by atoms with Crippen molar-refractivity contribution >= 4 is 5.78 Å². The summed E-state index contributed by atoms with van der Waals surface area (Å²) >= 11 is 0. The summed E-state index contributed by atoms with van der Waals surface area (Å²) in [6.07, 6.45) is 15.4. The van der Waals surface area contributed by atoms with Crippen molar-refractivity contribution in [2.75, 3.05) is 0 Å². The molecule has 1 aromatic carbocycles. The van der Waals surface area contributed by atoms with E-state index in [9.17, 15) is 4.79 Å². The number of aromatic nitrogens is 2. The van der Waals surface area contributed by atoms with Gasteiger partial charge < -0.3 is 0 Å². The molecule has 0 radical (unpaired) electrons. The van der Waals surface area contributed by atoms with Crippen LogP contribution in [-0.4, -0.2) is 15.6 Å². The highest BCUT2D eigenvalue weighted by atomic mass is 16.1. The van der Waals surface area contributed by atoms with E-state index in [4.69, 9.17) is 0 Å². The van der Waals surface area contributed by atoms with Crippen molar-refractivity contribution in [3.05, 3.63) is 48.3 Å². The van der Waals surface area contributed by atoms with Gasteiger partial charge in [-0.2, -0.15) is 5.10 Å². The van der Waals surface area contributed by atoms with Crippen molar-refractivity contribution in [2.45, 2.75) is 57.8 Å². The molecule has 0 spiro atoms. The fraction of sp³-hybridized carbons (Fsp3) is 0.545. The third kappa shape index (κ3) is 3.56. The summed E-state index contributed by atoms with van der Waals surface area (Å²) < 4.78 is 1.83. The van der Waals surface area contributed by atoms with Crippen LogP contribution < -0.4 is 0 Å². The summed E-state index contributed by atoms with van der Waals surface area (Å²) in [5.41, 5.74) is 1.89. The van der Waals surface area contributed by atoms with E-state index >= 15 is 0 Å². The van der Waals surface area contributed by atoms with Crippen LogP contribution in [0.1, 0.15) is 68.1 Å². The Kier molecular flexibility index (Phi) is 5.00. The third-order valence-corrected chi connectivity index (χ3v) is 6.33. The second-order valence-corrected chi connectivity index (χ2v) is 7.81. The topological polar surface area (TPSA) is 34.9 Å². The van der Waals surface area contributed by atoms with E-state index in [2.05, 4.69) is 5.10 Å². The van der Waals surface area contributed by atoms with Crippen LogP contribution in [-0.2, 0) is 0 Å². The Bertz CT molecular complexity index is 683. The molecule has 3 heteroatoms. The minimum atomic E-state index is 0.243. The van der Waals surface area contributed by atoms with Gasteiger partial charge in [0.25, 0.3) is 0 Å². The predicted molar refractivity (Wildman–Crippen MR) is 99.9 cm³/mol. The molecule has 0 N–H and O–H groups in total. The number of ketones is 1. The molecule has 2 atom stereocenters. The van der Waals surface area contributed by atoms with Gasteiger partial charge in [0.2, 0.25) is 0 Å². The SMILES string of the molecule is O=C(c1ccc(-n2cccn2)cc1)C1CCCCC1C1CCCCC1. The molecule has 1 heterocycles. The largest absolute Gasteiger partial charge is 0.294 e. The molecule has 132 valence electrons. The van der Waals surface area contributed by atoms with Gasteiger partial charge >= 0.3 is 0 Å². The van der Waals surface area contributed by atoms with E-state index < -0.39 is 0 Å². The van der Waals surface area contributed by atoms with E-state index in [0.717, 1.165) is 23.6 Å². The lowest BCUT2D eigenvalue weighted by Gasteiger charge is -2.38. The lowest BCUT2D eigenvalue weighted by Crippen LogP contribution is -2.33. The van der Waals surface area contributed by atoms with E-state index in [0.29, 0.717) is 11.7 Å². The number of carbonyl (C=O) groups is 1. The third-order valence-electron chi connectivity index (χ3n) is 6.33. The van der Waals surface area contributed by atoms with Crippen molar-refractivity contribution in [3.63, 3.8) is 0 Å². The Morgan fingerprint density at radius 1 is 0.920 bits per heavy atom. The first kappa shape index (κ1) is 16.6. The molecule has 3 nitrogen and oxygen atoms in total. The van der Waals surface area contributed by atoms with Gasteiger partial charge in [-0.1, -0.05) is 44.9 Å². The summed E-state index contributed by atoms with van der Waals surface area (Å²) in [4.78, 5) is 13.2. The van der Waals surface area contributed by atoms with Crippen molar-refractivity contribution < 1.29 is 4.79 Å². The van der Waals surface area contributed by atoms with Gasteiger partial charge in [0.15, 0.2) is 5.78 Å². The number of hydrogen-bond donors (Lipinski definition) is 0. The summed E-state index contributed by atoms with van der Waals surface area (Å²) in [5, 5.41) is 4.26. The van der Waals surface area contributed by atoms with Crippen LogP contribution in [0.4, 0.5) is 0 Å². The van der Waals surface area contributed by atoms with Crippen molar-refractivity contribution in [3.8, 4) is 5.69 Å². The number of carbonyl (C=O) groups excluding carboxylic acids is 1. The molecule has 0 amide bonds. The average Bonchev–Trinajstić information content (AvgIpc) is 3.23. The second-order valence-electron chi connectivity index (χ2n) is 7.81. The van der Waals surface area contributed by atoms with Gasteiger partial charge in [0, 0.05) is 23.9 Å². The fourth-order valence-electron chi connectivity index (χ4n) is 5.03. The van der Waals surface area contributed by atoms with E-state index in [1.54, 1.807) is 6.20 Å². The minimum absolute atomic E-state index is 0.243. The molecule has 0 aliphatic heterocycles. The van der Waals surface area contributed by atoms with Crippen LogP contribution in [0.15, 0.2) is 42.7 Å². The highest BCUT2D eigenvalue weighted by Crippen LogP contribution is 2.42. The molecule has 0 bridgehead atoms. The van der Waals surface area contributed by atoms with E-state index in [1.165, 1.54) is 51.4 Å². The standard InChI is InChI=1S/C22H28N2O/c25-22(18-11-13-19(14-12-18)24-16-6-15-23-24)21-10-5-4-9-20(21)17-7-2-1-3-8-17/h6,11-17,20-21H,1-5,7-10H2. The number of nitrogens with zero attached hydrogens (tertiary/aromatic N) is 2. The van der Waals surface area contributed by atoms with Gasteiger partial charge in [-0.05, 0) is 55.0 Å². The van der Waals surface area contributed by atoms with Crippen LogP contribution in [0.3, 0.4) is 0 Å². The Labute approximate surface area is 150 Å². The van der Waals surface area contributed by atoms with Crippen molar-refractivity contribution in [1.29, 1.82) is 0 Å². The Morgan fingerprint density at radius 2 is 1.64 bits per heavy atom. The van der Waals surface area contributed by atoms with Gasteiger partial charge in [0.05, 0.1) is 5.69 Å². The predicted octanol–water partition coefficient (Wildman–Crippen LogP) is 5.44. The quantitative estimate of drug-likeness (QED) is 0.697. The summed E-state index contributed by atoms with van der Waals surface area (Å²) in [6, 6.07) is 9.92. The summed E-state index contributed by atoms with van der Waals surface area (Å²) in [6.45, 7) is 0. The molecule has 2 saturated carbocycles. The van der Waals surface area contributed by atoms with Gasteiger partial charge in [0.1, 0.15) is 0 Å². The molecule has 2 aliphatic carbocycles. The van der Waals surface area contributed by atoms with Gasteiger partial charge in [-0.25, -0.2) is 4.68 Å². The zero-order valence-electron chi connectivity index (χ0n) is 14.9. The smallest absolute Gasteiger partial charge is 0.166 e. The van der Waals surface area contributed by atoms with Crippen LogP contribution in [0, 0.1) is 17.8 Å². The monoisotopic (exact) mass is 336 g/mol. The highest BCUT2D eigenvalue weighted by molar-refractivity contribution is 5.98. The minimum Gasteiger partial charge on any atom is -0.294 e. The maximum atomic E-state index is 13.2. The Balaban J connectivity index is 1.51. The van der Waals surface area contributed by atoms with Crippen LogP contribution in [0.25, 0.3) is 5.69 Å². The number of rotatable bonds is 4. The van der Waals surface area contributed by atoms with E-state index in [-0.39, 0.29) is 5.92 Å². The summed E-state index contributed by atoms with van der Waals surface area (Å²) in [5.74, 6) is 2.02. The zero-order valence-corrected chi connectivity index (χ0v) is 14.9. The van der Waals surface area contributed by atoms with Crippen LogP contribution in [0.2, 0.25) is 0 Å². The Morgan fingerprint density at radius 3 is 2.36 bits per heavy atom. The zero-order chi connectivity index (χ0) is 17.1. The number of benzene rings is 1. The molecule has 2 aromatic rings. The molecule has 1 aromatic heterocycles. The molecule has 2 unspecified atom stereocenters. The first-order chi connectivity index (χ1) is 12.3. The number of hydrogen-bond acceptors (Lipinski definition) is 2.